The van der Waals surface area contributed by atoms with E-state index in [2.05, 4.69) is 25.6 Å². The zero-order valence-electron chi connectivity index (χ0n) is 22.3. The van der Waals surface area contributed by atoms with Crippen LogP contribution in [0, 0.1) is 0 Å². The van der Waals surface area contributed by atoms with Gasteiger partial charge in [-0.1, -0.05) is 31.2 Å². The number of benzene rings is 2. The summed E-state index contributed by atoms with van der Waals surface area (Å²) < 4.78 is 12.3. The Balaban J connectivity index is 1.52. The average Bonchev–Trinajstić information content (AvgIpc) is 3.52. The van der Waals surface area contributed by atoms with Crippen LogP contribution in [0.2, 0.25) is 5.28 Å². The normalized spacial score (nSPS) is 20.6. The second kappa shape index (κ2) is 11.7. The fourth-order valence-corrected chi connectivity index (χ4v) is 5.22. The van der Waals surface area contributed by atoms with Crippen molar-refractivity contribution in [1.82, 2.24) is 24.8 Å². The number of nitrogens with one attached hydrogen (secondary N) is 2. The molecule has 4 atom stereocenters. The van der Waals surface area contributed by atoms with E-state index in [9.17, 15) is 15.0 Å². The number of amides is 1. The van der Waals surface area contributed by atoms with Crippen LogP contribution in [-0.4, -0.2) is 68.1 Å². The summed E-state index contributed by atoms with van der Waals surface area (Å²) in [6, 6.07) is 13.8. The molecule has 2 heterocycles. The Morgan fingerprint density at radius 1 is 1.02 bits per heavy atom. The Hall–Kier alpha value is -3.93. The van der Waals surface area contributed by atoms with Gasteiger partial charge < -0.3 is 34.9 Å². The number of hydrogen-bond donors (Lipinski definition) is 4. The van der Waals surface area contributed by atoms with Gasteiger partial charge in [-0.15, -0.1) is 0 Å². The van der Waals surface area contributed by atoms with Crippen molar-refractivity contribution in [3.05, 3.63) is 71.3 Å². The van der Waals surface area contributed by atoms with Crippen molar-refractivity contribution < 1.29 is 24.5 Å². The lowest BCUT2D eigenvalue weighted by Gasteiger charge is -2.22. The third kappa shape index (κ3) is 5.40. The highest BCUT2D eigenvalue weighted by molar-refractivity contribution is 6.28. The molecule has 4 unspecified atom stereocenters. The van der Waals surface area contributed by atoms with E-state index in [0.717, 1.165) is 22.6 Å². The molecule has 0 bridgehead atoms. The molecular formula is C28H31ClN6O5. The quantitative estimate of drug-likeness (QED) is 0.224. The standard InChI is InChI=1S/C28H31ClN6O5/c1-4-21(36)31-19-13-20(25(38)24(19)37)35-14-30-23-26(33-28(29)34-27(23)35)32-22(15-5-9-17(39-2)10-6-15)16-7-11-18(40-3)12-8-16/h5-12,14,19-20,22,24-25,37-38H,4,13H2,1-3H3,(H,31,36)(H,32,33,34). The van der Waals surface area contributed by atoms with Gasteiger partial charge in [0.15, 0.2) is 17.0 Å². The van der Waals surface area contributed by atoms with Crippen molar-refractivity contribution in [3.8, 4) is 11.5 Å². The first-order valence-electron chi connectivity index (χ1n) is 12.9. The maximum Gasteiger partial charge on any atom is 0.226 e. The van der Waals surface area contributed by atoms with Gasteiger partial charge in [0, 0.05) is 6.42 Å². The number of aliphatic hydroxyl groups is 2. The minimum Gasteiger partial charge on any atom is -0.497 e. The predicted molar refractivity (Wildman–Crippen MR) is 150 cm³/mol. The van der Waals surface area contributed by atoms with Gasteiger partial charge in [0.1, 0.15) is 23.7 Å². The van der Waals surface area contributed by atoms with E-state index < -0.39 is 24.3 Å². The fourth-order valence-electron chi connectivity index (χ4n) is 5.06. The van der Waals surface area contributed by atoms with E-state index in [0.29, 0.717) is 23.4 Å². The van der Waals surface area contributed by atoms with Crippen molar-refractivity contribution in [2.24, 2.45) is 0 Å². The molecule has 0 spiro atoms. The molecule has 1 aliphatic rings. The molecule has 2 aromatic carbocycles. The largest absolute Gasteiger partial charge is 0.497 e. The van der Waals surface area contributed by atoms with Crippen LogP contribution in [0.25, 0.3) is 11.2 Å². The zero-order chi connectivity index (χ0) is 28.4. The number of aromatic nitrogens is 4. The summed E-state index contributed by atoms with van der Waals surface area (Å²) in [6.45, 7) is 1.73. The highest BCUT2D eigenvalue weighted by Crippen LogP contribution is 2.36. The van der Waals surface area contributed by atoms with Gasteiger partial charge in [0.2, 0.25) is 11.2 Å². The van der Waals surface area contributed by atoms with Gasteiger partial charge in [-0.25, -0.2) is 4.98 Å². The minimum atomic E-state index is -1.14. The number of anilines is 1. The third-order valence-electron chi connectivity index (χ3n) is 7.25. The third-order valence-corrected chi connectivity index (χ3v) is 7.42. The van der Waals surface area contributed by atoms with E-state index in [1.54, 1.807) is 32.0 Å². The van der Waals surface area contributed by atoms with E-state index in [1.165, 1.54) is 0 Å². The average molecular weight is 567 g/mol. The Morgan fingerprint density at radius 2 is 1.62 bits per heavy atom. The fraction of sp³-hybridized carbons (Fsp3) is 0.357. The molecule has 0 aliphatic heterocycles. The van der Waals surface area contributed by atoms with Gasteiger partial charge in [-0.05, 0) is 53.4 Å². The summed E-state index contributed by atoms with van der Waals surface area (Å²) >= 11 is 6.39. The number of aliphatic hydroxyl groups excluding tert-OH is 2. The summed E-state index contributed by atoms with van der Waals surface area (Å²) in [5.41, 5.74) is 2.72. The minimum absolute atomic E-state index is 0.0103. The number of ether oxygens (including phenoxy) is 2. The molecule has 4 aromatic rings. The van der Waals surface area contributed by atoms with Crippen molar-refractivity contribution in [2.75, 3.05) is 19.5 Å². The lowest BCUT2D eigenvalue weighted by molar-refractivity contribution is -0.122. The summed E-state index contributed by atoms with van der Waals surface area (Å²) in [7, 11) is 3.23. The van der Waals surface area contributed by atoms with Gasteiger partial charge in [-0.2, -0.15) is 9.97 Å². The molecular weight excluding hydrogens is 536 g/mol. The van der Waals surface area contributed by atoms with Crippen molar-refractivity contribution in [3.63, 3.8) is 0 Å². The first-order valence-corrected chi connectivity index (χ1v) is 13.3. The Bertz CT molecular complexity index is 1430. The van der Waals surface area contributed by atoms with Crippen molar-refractivity contribution in [2.45, 2.75) is 50.1 Å². The lowest BCUT2D eigenvalue weighted by Crippen LogP contribution is -2.42. The number of rotatable bonds is 9. The number of hydrogen-bond acceptors (Lipinski definition) is 9. The van der Waals surface area contributed by atoms with E-state index in [1.807, 2.05) is 48.5 Å². The molecule has 1 amide bonds. The first kappa shape index (κ1) is 27.6. The Morgan fingerprint density at radius 3 is 2.17 bits per heavy atom. The molecule has 40 heavy (non-hydrogen) atoms. The first-order chi connectivity index (χ1) is 19.3. The number of nitrogens with zero attached hydrogens (tertiary/aromatic N) is 4. The van der Waals surface area contributed by atoms with Gasteiger partial charge in [0.05, 0.1) is 38.7 Å². The summed E-state index contributed by atoms with van der Waals surface area (Å²) in [5.74, 6) is 1.66. The van der Waals surface area contributed by atoms with E-state index >= 15 is 0 Å². The maximum absolute atomic E-state index is 11.9. The van der Waals surface area contributed by atoms with Crippen LogP contribution in [0.1, 0.15) is 43.0 Å². The van der Waals surface area contributed by atoms with Crippen molar-refractivity contribution >= 4 is 34.5 Å². The molecule has 12 heteroatoms. The smallest absolute Gasteiger partial charge is 0.226 e. The van der Waals surface area contributed by atoms with E-state index in [-0.39, 0.29) is 23.7 Å². The number of carbonyl (C=O) groups is 1. The molecule has 210 valence electrons. The SMILES string of the molecule is CCC(=O)NC1CC(n2cnc3c(NC(c4ccc(OC)cc4)c4ccc(OC)cc4)nc(Cl)nc32)C(O)C1O. The summed E-state index contributed by atoms with van der Waals surface area (Å²) in [5, 5.41) is 27.7. The van der Waals surface area contributed by atoms with Crippen LogP contribution in [0.15, 0.2) is 54.9 Å². The maximum atomic E-state index is 11.9. The highest BCUT2D eigenvalue weighted by Gasteiger charge is 2.43. The highest BCUT2D eigenvalue weighted by atomic mass is 35.5. The van der Waals surface area contributed by atoms with Crippen LogP contribution in [0.3, 0.4) is 0 Å². The number of carbonyl (C=O) groups excluding carboxylic acids is 1. The molecule has 1 aliphatic carbocycles. The molecule has 4 N–H and O–H groups in total. The molecule has 0 saturated heterocycles. The molecule has 1 fully saturated rings. The molecule has 1 saturated carbocycles. The topological polar surface area (TPSA) is 144 Å². The van der Waals surface area contributed by atoms with Crippen LogP contribution in [-0.2, 0) is 4.79 Å². The molecule has 5 rings (SSSR count). The van der Waals surface area contributed by atoms with Crippen LogP contribution >= 0.6 is 11.6 Å². The number of imidazole rings is 1. The second-order valence-corrected chi connectivity index (χ2v) is 9.94. The zero-order valence-corrected chi connectivity index (χ0v) is 23.0. The van der Waals surface area contributed by atoms with Crippen LogP contribution in [0.4, 0.5) is 5.82 Å². The Kier molecular flexibility index (Phi) is 8.06. The summed E-state index contributed by atoms with van der Waals surface area (Å²) in [6.07, 6.45) is -0.163. The predicted octanol–water partition coefficient (Wildman–Crippen LogP) is 3.26. The van der Waals surface area contributed by atoms with Crippen molar-refractivity contribution in [1.29, 1.82) is 0 Å². The molecule has 2 aromatic heterocycles. The van der Waals surface area contributed by atoms with Crippen LogP contribution < -0.4 is 20.1 Å². The monoisotopic (exact) mass is 566 g/mol. The number of methoxy groups -OCH3 is 2. The number of halogens is 1. The van der Waals surface area contributed by atoms with Gasteiger partial charge in [-0.3, -0.25) is 4.79 Å². The van der Waals surface area contributed by atoms with Crippen LogP contribution in [0.5, 0.6) is 11.5 Å². The molecule has 0 radical (unpaired) electrons. The Labute approximate surface area is 236 Å². The second-order valence-electron chi connectivity index (χ2n) is 9.60. The lowest BCUT2D eigenvalue weighted by atomic mass is 9.98. The van der Waals surface area contributed by atoms with E-state index in [4.69, 9.17) is 21.1 Å². The van der Waals surface area contributed by atoms with Gasteiger partial charge in [0.25, 0.3) is 0 Å². The molecule has 11 nitrogen and oxygen atoms in total. The number of fused-ring (bicyclic) bond motifs is 1. The van der Waals surface area contributed by atoms with Gasteiger partial charge >= 0.3 is 0 Å². The summed E-state index contributed by atoms with van der Waals surface area (Å²) in [4.78, 5) is 25.3.